The Balaban J connectivity index is 2.47. The number of ether oxygens (including phenoxy) is 1. The number of hydrogen-bond donors (Lipinski definition) is 1. The van der Waals surface area contributed by atoms with Gasteiger partial charge >= 0.3 is 5.97 Å². The molecule has 1 atom stereocenters. The van der Waals surface area contributed by atoms with Crippen LogP contribution in [0.2, 0.25) is 0 Å². The van der Waals surface area contributed by atoms with Crippen LogP contribution in [0, 0.1) is 0 Å². The molecule has 15 heavy (non-hydrogen) atoms. The highest BCUT2D eigenvalue weighted by Crippen LogP contribution is 2.09. The zero-order valence-corrected chi connectivity index (χ0v) is 8.81. The summed E-state index contributed by atoms with van der Waals surface area (Å²) in [4.78, 5) is 14.7. The van der Waals surface area contributed by atoms with Crippen molar-refractivity contribution in [1.29, 1.82) is 0 Å². The van der Waals surface area contributed by atoms with Crippen LogP contribution >= 0.6 is 0 Å². The molecule has 1 N–H and O–H groups in total. The molecule has 0 unspecified atom stereocenters. The van der Waals surface area contributed by atoms with Gasteiger partial charge < -0.3 is 10.1 Å². The van der Waals surface area contributed by atoms with Crippen molar-refractivity contribution in [3.8, 4) is 0 Å². The van der Waals surface area contributed by atoms with E-state index in [2.05, 4.69) is 15.0 Å². The summed E-state index contributed by atoms with van der Waals surface area (Å²) >= 11 is 0. The van der Waals surface area contributed by atoms with E-state index in [1.54, 1.807) is 18.6 Å². The van der Waals surface area contributed by atoms with Crippen LogP contribution in [0.25, 0.3) is 0 Å². The van der Waals surface area contributed by atoms with E-state index in [0.717, 1.165) is 5.56 Å². The van der Waals surface area contributed by atoms with Gasteiger partial charge in [-0.15, -0.1) is 0 Å². The Bertz CT molecular complexity index is 336. The van der Waals surface area contributed by atoms with E-state index in [1.165, 1.54) is 13.2 Å². The predicted octanol–water partition coefficient (Wildman–Crippen LogP) is 1.42. The summed E-state index contributed by atoms with van der Waals surface area (Å²) in [5, 5.41) is 3.05. The standard InChI is InChI=1S/C11H14N2O2/c1-9(10-3-6-12-7-4-10)13-8-5-11(14)15-2/h3-9,13H,1-2H3/b8-5+/t9-/m0/s1. The molecular formula is C11H14N2O2. The number of nitrogens with one attached hydrogen (secondary N) is 1. The van der Waals surface area contributed by atoms with Gasteiger partial charge in [0.15, 0.2) is 0 Å². The molecular weight excluding hydrogens is 192 g/mol. The summed E-state index contributed by atoms with van der Waals surface area (Å²) in [6, 6.07) is 3.97. The molecule has 0 spiro atoms. The molecule has 0 aromatic carbocycles. The average Bonchev–Trinajstić information content (AvgIpc) is 2.29. The van der Waals surface area contributed by atoms with Crippen molar-refractivity contribution in [3.05, 3.63) is 42.4 Å². The molecule has 0 radical (unpaired) electrons. The van der Waals surface area contributed by atoms with E-state index in [0.29, 0.717) is 0 Å². The Morgan fingerprint density at radius 1 is 1.53 bits per heavy atom. The molecule has 0 aliphatic carbocycles. The van der Waals surface area contributed by atoms with Crippen molar-refractivity contribution in [2.45, 2.75) is 13.0 Å². The maximum absolute atomic E-state index is 10.8. The minimum atomic E-state index is -0.371. The van der Waals surface area contributed by atoms with Crippen LogP contribution in [0.15, 0.2) is 36.8 Å². The largest absolute Gasteiger partial charge is 0.466 e. The molecule has 0 fully saturated rings. The first kappa shape index (κ1) is 11.2. The van der Waals surface area contributed by atoms with Gasteiger partial charge in [0.1, 0.15) is 0 Å². The molecule has 0 bridgehead atoms. The lowest BCUT2D eigenvalue weighted by Gasteiger charge is -2.11. The quantitative estimate of drug-likeness (QED) is 0.598. The number of esters is 1. The van der Waals surface area contributed by atoms with Gasteiger partial charge in [-0.3, -0.25) is 4.98 Å². The smallest absolute Gasteiger partial charge is 0.331 e. The van der Waals surface area contributed by atoms with Crippen molar-refractivity contribution in [2.24, 2.45) is 0 Å². The monoisotopic (exact) mass is 206 g/mol. The highest BCUT2D eigenvalue weighted by atomic mass is 16.5. The molecule has 4 nitrogen and oxygen atoms in total. The zero-order chi connectivity index (χ0) is 11.1. The molecule has 0 saturated carbocycles. The normalized spacial score (nSPS) is 12.4. The molecule has 1 aromatic heterocycles. The molecule has 0 aliphatic heterocycles. The molecule has 80 valence electrons. The van der Waals surface area contributed by atoms with Crippen molar-refractivity contribution in [1.82, 2.24) is 10.3 Å². The maximum atomic E-state index is 10.8. The van der Waals surface area contributed by atoms with E-state index < -0.39 is 0 Å². The highest BCUT2D eigenvalue weighted by molar-refractivity contribution is 5.81. The van der Waals surface area contributed by atoms with Gasteiger partial charge in [-0.2, -0.15) is 0 Å². The number of hydrogen-bond acceptors (Lipinski definition) is 4. The number of carbonyl (C=O) groups is 1. The third-order valence-electron chi connectivity index (χ3n) is 1.97. The van der Waals surface area contributed by atoms with Crippen LogP contribution in [0.4, 0.5) is 0 Å². The van der Waals surface area contributed by atoms with E-state index >= 15 is 0 Å². The van der Waals surface area contributed by atoms with Gasteiger partial charge in [0.05, 0.1) is 7.11 Å². The minimum absolute atomic E-state index is 0.133. The fourth-order valence-corrected chi connectivity index (χ4v) is 1.08. The first-order chi connectivity index (χ1) is 7.24. The summed E-state index contributed by atoms with van der Waals surface area (Å²) < 4.78 is 4.46. The van der Waals surface area contributed by atoms with E-state index in [-0.39, 0.29) is 12.0 Å². The van der Waals surface area contributed by atoms with Crippen LogP contribution in [0.3, 0.4) is 0 Å². The summed E-state index contributed by atoms with van der Waals surface area (Å²) in [6.45, 7) is 2.00. The Labute approximate surface area is 89.0 Å². The molecule has 1 aromatic rings. The Morgan fingerprint density at radius 3 is 2.80 bits per heavy atom. The Kier molecular flexibility index (Phi) is 4.34. The van der Waals surface area contributed by atoms with Crippen LogP contribution in [0.5, 0.6) is 0 Å². The first-order valence-electron chi connectivity index (χ1n) is 4.64. The van der Waals surface area contributed by atoms with Gasteiger partial charge in [-0.05, 0) is 24.6 Å². The molecule has 0 amide bonds. The molecule has 0 aliphatic rings. The zero-order valence-electron chi connectivity index (χ0n) is 8.81. The lowest BCUT2D eigenvalue weighted by Crippen LogP contribution is -2.12. The maximum Gasteiger partial charge on any atom is 0.331 e. The Morgan fingerprint density at radius 2 is 2.20 bits per heavy atom. The van der Waals surface area contributed by atoms with Crippen LogP contribution in [-0.4, -0.2) is 18.1 Å². The topological polar surface area (TPSA) is 51.2 Å². The summed E-state index contributed by atoms with van der Waals surface area (Å²) in [5.41, 5.74) is 1.11. The van der Waals surface area contributed by atoms with Crippen molar-refractivity contribution in [3.63, 3.8) is 0 Å². The van der Waals surface area contributed by atoms with Crippen LogP contribution in [-0.2, 0) is 9.53 Å². The number of methoxy groups -OCH3 is 1. The molecule has 1 heterocycles. The van der Waals surface area contributed by atoms with E-state index in [4.69, 9.17) is 0 Å². The predicted molar refractivity (Wildman–Crippen MR) is 56.9 cm³/mol. The molecule has 1 rings (SSSR count). The molecule has 0 saturated heterocycles. The van der Waals surface area contributed by atoms with Crippen LogP contribution < -0.4 is 5.32 Å². The number of carbonyl (C=O) groups excluding carboxylic acids is 1. The van der Waals surface area contributed by atoms with Crippen molar-refractivity contribution in [2.75, 3.05) is 7.11 Å². The summed E-state index contributed by atoms with van der Waals surface area (Å²) in [6.07, 6.45) is 6.39. The summed E-state index contributed by atoms with van der Waals surface area (Å²) in [7, 11) is 1.35. The number of rotatable bonds is 4. The molecule has 4 heteroatoms. The Hall–Kier alpha value is -1.84. The number of aromatic nitrogens is 1. The van der Waals surface area contributed by atoms with Gasteiger partial charge in [-0.1, -0.05) is 0 Å². The second-order valence-electron chi connectivity index (χ2n) is 3.03. The van der Waals surface area contributed by atoms with E-state index in [1.807, 2.05) is 19.1 Å². The van der Waals surface area contributed by atoms with Gasteiger partial charge in [0, 0.05) is 30.7 Å². The van der Waals surface area contributed by atoms with Gasteiger partial charge in [-0.25, -0.2) is 4.79 Å². The SMILES string of the molecule is COC(=O)/C=C/N[C@@H](C)c1ccncc1. The van der Waals surface area contributed by atoms with Crippen LogP contribution in [0.1, 0.15) is 18.5 Å². The lowest BCUT2D eigenvalue weighted by atomic mass is 10.1. The van der Waals surface area contributed by atoms with Crippen molar-refractivity contribution >= 4 is 5.97 Å². The van der Waals surface area contributed by atoms with E-state index in [9.17, 15) is 4.79 Å². The highest BCUT2D eigenvalue weighted by Gasteiger charge is 2.00. The van der Waals surface area contributed by atoms with Gasteiger partial charge in [0.25, 0.3) is 0 Å². The minimum Gasteiger partial charge on any atom is -0.466 e. The average molecular weight is 206 g/mol. The lowest BCUT2D eigenvalue weighted by molar-refractivity contribution is -0.134. The number of nitrogens with zero attached hydrogens (tertiary/aromatic N) is 1. The fraction of sp³-hybridized carbons (Fsp3) is 0.273. The first-order valence-corrected chi connectivity index (χ1v) is 4.64. The second-order valence-corrected chi connectivity index (χ2v) is 3.03. The van der Waals surface area contributed by atoms with Crippen molar-refractivity contribution < 1.29 is 9.53 Å². The fourth-order valence-electron chi connectivity index (χ4n) is 1.08. The third kappa shape index (κ3) is 3.81. The summed E-state index contributed by atoms with van der Waals surface area (Å²) in [5.74, 6) is -0.371. The van der Waals surface area contributed by atoms with Gasteiger partial charge in [0.2, 0.25) is 0 Å². The number of pyridine rings is 1. The third-order valence-corrected chi connectivity index (χ3v) is 1.97. The second kappa shape index (κ2) is 5.80.